The van der Waals surface area contributed by atoms with Crippen LogP contribution in [0.5, 0.6) is 0 Å². The molecule has 1 aromatic rings. The van der Waals surface area contributed by atoms with Gasteiger partial charge in [0.2, 0.25) is 5.91 Å². The van der Waals surface area contributed by atoms with E-state index in [0.717, 1.165) is 5.56 Å². The molecule has 94 valence electrons. The van der Waals surface area contributed by atoms with Crippen molar-refractivity contribution in [2.24, 2.45) is 5.73 Å². The molecule has 0 saturated heterocycles. The van der Waals surface area contributed by atoms with Crippen molar-refractivity contribution in [3.8, 4) is 0 Å². The monoisotopic (exact) mass is 238 g/mol. The topological polar surface area (TPSA) is 46.3 Å². The highest BCUT2D eigenvalue weighted by Crippen LogP contribution is 2.05. The van der Waals surface area contributed by atoms with Gasteiger partial charge in [-0.25, -0.2) is 4.39 Å². The lowest BCUT2D eigenvalue weighted by Crippen LogP contribution is -2.33. The number of halogens is 1. The summed E-state index contributed by atoms with van der Waals surface area (Å²) in [7, 11) is 1.74. The highest BCUT2D eigenvalue weighted by Gasteiger charge is 2.10. The predicted octanol–water partition coefficient (Wildman–Crippen LogP) is 1.56. The summed E-state index contributed by atoms with van der Waals surface area (Å²) in [5.74, 6) is -0.219. The first-order valence-electron chi connectivity index (χ1n) is 5.73. The van der Waals surface area contributed by atoms with E-state index in [-0.39, 0.29) is 17.8 Å². The zero-order valence-corrected chi connectivity index (χ0v) is 10.3. The smallest absolute Gasteiger partial charge is 0.223 e. The van der Waals surface area contributed by atoms with Gasteiger partial charge in [0, 0.05) is 26.1 Å². The lowest BCUT2D eigenvalue weighted by Gasteiger charge is -2.18. The van der Waals surface area contributed by atoms with Crippen molar-refractivity contribution >= 4 is 5.91 Å². The van der Waals surface area contributed by atoms with E-state index in [1.165, 1.54) is 12.1 Å². The number of carbonyl (C=O) groups excluding carboxylic acids is 1. The fraction of sp³-hybridized carbons (Fsp3) is 0.462. The van der Waals surface area contributed by atoms with E-state index >= 15 is 0 Å². The van der Waals surface area contributed by atoms with E-state index in [2.05, 4.69) is 0 Å². The third kappa shape index (κ3) is 4.95. The minimum atomic E-state index is -0.243. The largest absolute Gasteiger partial charge is 0.345 e. The van der Waals surface area contributed by atoms with Gasteiger partial charge in [-0.2, -0.15) is 0 Å². The molecule has 0 radical (unpaired) electrons. The third-order valence-electron chi connectivity index (χ3n) is 2.55. The van der Waals surface area contributed by atoms with Gasteiger partial charge in [-0.15, -0.1) is 0 Å². The molecule has 3 nitrogen and oxygen atoms in total. The van der Waals surface area contributed by atoms with Gasteiger partial charge < -0.3 is 10.6 Å². The summed E-state index contributed by atoms with van der Waals surface area (Å²) >= 11 is 0. The number of hydrogen-bond donors (Lipinski definition) is 1. The number of likely N-dealkylation sites (N-methyl/N-ethyl adjacent to an activating group) is 1. The molecule has 1 unspecified atom stereocenters. The van der Waals surface area contributed by atoms with Crippen LogP contribution in [0.15, 0.2) is 24.3 Å². The summed E-state index contributed by atoms with van der Waals surface area (Å²) in [6.07, 6.45) is 0.999. The van der Waals surface area contributed by atoms with Crippen LogP contribution >= 0.6 is 0 Å². The van der Waals surface area contributed by atoms with Crippen molar-refractivity contribution in [3.05, 3.63) is 35.6 Å². The maximum atomic E-state index is 12.9. The van der Waals surface area contributed by atoms with Crippen molar-refractivity contribution in [2.75, 3.05) is 13.6 Å². The highest BCUT2D eigenvalue weighted by molar-refractivity contribution is 5.76. The maximum Gasteiger partial charge on any atom is 0.223 e. The molecule has 2 N–H and O–H groups in total. The van der Waals surface area contributed by atoms with Gasteiger partial charge in [0.1, 0.15) is 5.82 Å². The molecule has 1 amide bonds. The number of rotatable bonds is 5. The minimum Gasteiger partial charge on any atom is -0.345 e. The van der Waals surface area contributed by atoms with Gasteiger partial charge in [-0.1, -0.05) is 12.1 Å². The molecule has 0 aliphatic heterocycles. The molecule has 1 atom stereocenters. The van der Waals surface area contributed by atoms with Gasteiger partial charge in [0.15, 0.2) is 0 Å². The molecule has 0 aliphatic carbocycles. The van der Waals surface area contributed by atoms with E-state index in [0.29, 0.717) is 19.4 Å². The molecule has 0 fully saturated rings. The molecule has 0 heterocycles. The van der Waals surface area contributed by atoms with Crippen LogP contribution in [0.25, 0.3) is 0 Å². The van der Waals surface area contributed by atoms with E-state index in [1.807, 2.05) is 6.07 Å². The van der Waals surface area contributed by atoms with E-state index in [9.17, 15) is 9.18 Å². The molecular weight excluding hydrogens is 219 g/mol. The Bertz CT molecular complexity index is 379. The zero-order valence-electron chi connectivity index (χ0n) is 10.3. The first kappa shape index (κ1) is 13.6. The number of carbonyl (C=O) groups is 1. The third-order valence-corrected chi connectivity index (χ3v) is 2.55. The van der Waals surface area contributed by atoms with Gasteiger partial charge in [-0.05, 0) is 31.0 Å². The maximum absolute atomic E-state index is 12.9. The predicted molar refractivity (Wildman–Crippen MR) is 66.0 cm³/mol. The Morgan fingerprint density at radius 2 is 2.24 bits per heavy atom. The van der Waals surface area contributed by atoms with Crippen molar-refractivity contribution in [3.63, 3.8) is 0 Å². The molecule has 0 aliphatic rings. The number of hydrogen-bond acceptors (Lipinski definition) is 2. The molecule has 1 aromatic carbocycles. The molecule has 17 heavy (non-hydrogen) atoms. The van der Waals surface area contributed by atoms with Crippen LogP contribution in [0.3, 0.4) is 0 Å². The van der Waals surface area contributed by atoms with Crippen molar-refractivity contribution in [1.29, 1.82) is 0 Å². The Labute approximate surface area is 101 Å². The van der Waals surface area contributed by atoms with E-state index < -0.39 is 0 Å². The number of nitrogens with two attached hydrogens (primary N) is 1. The van der Waals surface area contributed by atoms with Crippen LogP contribution in [-0.4, -0.2) is 30.4 Å². The first-order chi connectivity index (χ1) is 7.99. The zero-order chi connectivity index (χ0) is 12.8. The van der Waals surface area contributed by atoms with Crippen molar-refractivity contribution < 1.29 is 9.18 Å². The fourth-order valence-corrected chi connectivity index (χ4v) is 1.55. The van der Waals surface area contributed by atoms with Gasteiger partial charge >= 0.3 is 0 Å². The number of amides is 1. The normalized spacial score (nSPS) is 12.2. The van der Waals surface area contributed by atoms with E-state index in [4.69, 9.17) is 5.73 Å². The summed E-state index contributed by atoms with van der Waals surface area (Å²) < 4.78 is 12.9. The molecule has 0 saturated carbocycles. The van der Waals surface area contributed by atoms with Gasteiger partial charge in [-0.3, -0.25) is 4.79 Å². The minimum absolute atomic E-state index is 0.0244. The van der Waals surface area contributed by atoms with Crippen molar-refractivity contribution in [2.45, 2.75) is 25.8 Å². The second-order valence-electron chi connectivity index (χ2n) is 4.38. The summed E-state index contributed by atoms with van der Waals surface area (Å²) in [5.41, 5.74) is 6.46. The van der Waals surface area contributed by atoms with Crippen LogP contribution in [-0.2, 0) is 11.2 Å². The second kappa shape index (κ2) is 6.35. The van der Waals surface area contributed by atoms with Gasteiger partial charge in [0.25, 0.3) is 0 Å². The molecule has 4 heteroatoms. The Hall–Kier alpha value is -1.42. The summed E-state index contributed by atoms with van der Waals surface area (Å²) in [5, 5.41) is 0. The molecule has 0 bridgehead atoms. The highest BCUT2D eigenvalue weighted by atomic mass is 19.1. The first-order valence-corrected chi connectivity index (χ1v) is 5.73. The second-order valence-corrected chi connectivity index (χ2v) is 4.38. The molecule has 0 aromatic heterocycles. The van der Waals surface area contributed by atoms with Crippen LogP contribution in [0.1, 0.15) is 18.9 Å². The lowest BCUT2D eigenvalue weighted by atomic mass is 10.1. The standard InChI is InChI=1S/C13H19FN2O/c1-10(15)8-13(17)16(2)7-6-11-4-3-5-12(14)9-11/h3-5,9-10H,6-8,15H2,1-2H3. The van der Waals surface area contributed by atoms with Crippen LogP contribution < -0.4 is 5.73 Å². The quantitative estimate of drug-likeness (QED) is 0.846. The van der Waals surface area contributed by atoms with Gasteiger partial charge in [0.05, 0.1) is 0 Å². The average molecular weight is 238 g/mol. The van der Waals surface area contributed by atoms with E-state index in [1.54, 1.807) is 24.9 Å². The van der Waals surface area contributed by atoms with Crippen molar-refractivity contribution in [1.82, 2.24) is 4.90 Å². The molecular formula is C13H19FN2O. The number of nitrogens with zero attached hydrogens (tertiary/aromatic N) is 1. The molecule has 0 spiro atoms. The summed E-state index contributed by atoms with van der Waals surface area (Å²) in [4.78, 5) is 13.2. The Morgan fingerprint density at radius 3 is 2.82 bits per heavy atom. The van der Waals surface area contributed by atoms with Crippen LogP contribution in [0.4, 0.5) is 4.39 Å². The Balaban J connectivity index is 2.42. The Kier molecular flexibility index (Phi) is 5.10. The molecule has 1 rings (SSSR count). The average Bonchev–Trinajstić information content (AvgIpc) is 2.25. The van der Waals surface area contributed by atoms with Crippen LogP contribution in [0, 0.1) is 5.82 Å². The lowest BCUT2D eigenvalue weighted by molar-refractivity contribution is -0.130. The Morgan fingerprint density at radius 1 is 1.53 bits per heavy atom. The summed E-state index contributed by atoms with van der Waals surface area (Å²) in [6, 6.07) is 6.30. The number of benzene rings is 1. The summed E-state index contributed by atoms with van der Waals surface area (Å²) in [6.45, 7) is 2.38. The van der Waals surface area contributed by atoms with Crippen LogP contribution in [0.2, 0.25) is 0 Å². The fourth-order valence-electron chi connectivity index (χ4n) is 1.55. The SMILES string of the molecule is CC(N)CC(=O)N(C)CCc1cccc(F)c1.